The van der Waals surface area contributed by atoms with Crippen molar-refractivity contribution >= 4 is 39.6 Å². The zero-order valence-corrected chi connectivity index (χ0v) is 22.6. The predicted octanol–water partition coefficient (Wildman–Crippen LogP) is 2.36. The number of fused-ring (bicyclic) bond motifs is 2. The number of anilines is 2. The number of rotatable bonds is 8. The van der Waals surface area contributed by atoms with E-state index in [2.05, 4.69) is 30.3 Å². The second-order valence-electron chi connectivity index (χ2n) is 11.7. The number of β-amino-alcohol motifs (C(OH)–C–C–N with tert-alkyl or cyclic N) is 1. The van der Waals surface area contributed by atoms with Crippen LogP contribution in [0.25, 0.3) is 21.9 Å². The Hall–Kier alpha value is -3.83. The number of aliphatic hydroxyl groups is 1. The molecule has 2 aliphatic carbocycles. The summed E-state index contributed by atoms with van der Waals surface area (Å²) in [6.07, 6.45) is 8.85. The molecule has 0 radical (unpaired) electrons. The molecule has 1 saturated heterocycles. The van der Waals surface area contributed by atoms with Crippen LogP contribution in [0, 0.1) is 11.3 Å². The summed E-state index contributed by atoms with van der Waals surface area (Å²) in [5.74, 6) is 1.62. The summed E-state index contributed by atoms with van der Waals surface area (Å²) in [6, 6.07) is 7.72. The lowest BCUT2D eigenvalue weighted by Crippen LogP contribution is -2.49. The van der Waals surface area contributed by atoms with Gasteiger partial charge in [-0.25, -0.2) is 4.98 Å². The second kappa shape index (κ2) is 9.97. The van der Waals surface area contributed by atoms with E-state index in [0.717, 1.165) is 41.6 Å². The molecule has 4 N–H and O–H groups in total. The normalized spacial score (nSPS) is 18.9. The van der Waals surface area contributed by atoms with E-state index in [9.17, 15) is 9.90 Å². The van der Waals surface area contributed by atoms with Crippen molar-refractivity contribution in [2.75, 3.05) is 56.9 Å². The van der Waals surface area contributed by atoms with Crippen LogP contribution in [0.3, 0.4) is 0 Å². The molecule has 0 unspecified atom stereocenters. The van der Waals surface area contributed by atoms with Crippen LogP contribution < -0.4 is 11.1 Å². The van der Waals surface area contributed by atoms with Gasteiger partial charge < -0.3 is 21.1 Å². The fourth-order valence-corrected chi connectivity index (χ4v) is 6.59. The van der Waals surface area contributed by atoms with Gasteiger partial charge in [0, 0.05) is 56.4 Å². The minimum absolute atomic E-state index is 0.0112. The minimum atomic E-state index is 0.0112. The van der Waals surface area contributed by atoms with Crippen LogP contribution in [0.1, 0.15) is 41.6 Å². The van der Waals surface area contributed by atoms with Crippen LogP contribution in [-0.4, -0.2) is 91.4 Å². The monoisotopic (exact) mass is 541 g/mol. The Bertz CT molecular complexity index is 1560. The van der Waals surface area contributed by atoms with Gasteiger partial charge in [0.2, 0.25) is 5.95 Å². The van der Waals surface area contributed by atoms with Gasteiger partial charge in [-0.15, -0.1) is 0 Å². The van der Waals surface area contributed by atoms with Crippen molar-refractivity contribution in [2.24, 2.45) is 11.3 Å². The van der Waals surface area contributed by atoms with E-state index in [1.807, 2.05) is 33.8 Å². The second-order valence-corrected chi connectivity index (χ2v) is 11.7. The summed E-state index contributed by atoms with van der Waals surface area (Å²) in [7, 11) is 0. The first kappa shape index (κ1) is 25.2. The highest BCUT2D eigenvalue weighted by Crippen LogP contribution is 2.63. The van der Waals surface area contributed by atoms with E-state index in [4.69, 9.17) is 5.73 Å². The first-order chi connectivity index (χ1) is 19.5. The lowest BCUT2D eigenvalue weighted by Gasteiger charge is -2.36. The Balaban J connectivity index is 1.15. The lowest BCUT2D eigenvalue weighted by molar-refractivity contribution is 0.0617. The van der Waals surface area contributed by atoms with E-state index in [1.165, 1.54) is 25.7 Å². The average molecular weight is 542 g/mol. The van der Waals surface area contributed by atoms with Gasteiger partial charge in [-0.05, 0) is 54.7 Å². The molecular formula is C29H35N9O2. The van der Waals surface area contributed by atoms with Gasteiger partial charge in [-0.2, -0.15) is 10.1 Å². The Morgan fingerprint density at radius 2 is 1.95 bits per heavy atom. The number of nitrogens with one attached hydrogen (secondary N) is 1. The van der Waals surface area contributed by atoms with E-state index in [1.54, 1.807) is 12.4 Å². The highest BCUT2D eigenvalue weighted by Gasteiger charge is 2.52. The number of carbonyl (C=O) groups is 1. The van der Waals surface area contributed by atoms with E-state index in [0.29, 0.717) is 54.4 Å². The van der Waals surface area contributed by atoms with Crippen molar-refractivity contribution in [3.63, 3.8) is 0 Å². The van der Waals surface area contributed by atoms with Crippen molar-refractivity contribution in [2.45, 2.75) is 32.2 Å². The van der Waals surface area contributed by atoms with Crippen LogP contribution in [0.15, 0.2) is 36.7 Å². The fraction of sp³-hybridized carbons (Fsp3) is 0.483. The molecule has 1 aromatic carbocycles. The number of nitrogens with zero attached hydrogens (tertiary/aromatic N) is 7. The third-order valence-corrected chi connectivity index (χ3v) is 8.94. The molecule has 2 saturated carbocycles. The minimum Gasteiger partial charge on any atom is -0.395 e. The van der Waals surface area contributed by atoms with Crippen LogP contribution in [0.4, 0.5) is 11.8 Å². The number of carbonyl (C=O) groups excluding carboxylic acids is 1. The Morgan fingerprint density at radius 3 is 2.73 bits per heavy atom. The third kappa shape index (κ3) is 4.62. The van der Waals surface area contributed by atoms with E-state index >= 15 is 0 Å². The first-order valence-corrected chi connectivity index (χ1v) is 14.2. The standard InChI is InChI=1S/C29H35N9O2/c30-28-34-23-17-33-38(25(23)26(35-28)32-16-19-14-29(15-19)5-6-29)18-20-3-4-22(21-2-1-7-31-24(20)21)27(40)37-10-8-36(9-11-37)12-13-39/h1-4,7,17,19,39H,5-6,8-16,18H2,(H3,30,32,34,35). The molecule has 0 bridgehead atoms. The van der Waals surface area contributed by atoms with Crippen molar-refractivity contribution in [3.05, 3.63) is 47.8 Å². The third-order valence-electron chi connectivity index (χ3n) is 8.94. The molecule has 3 aromatic heterocycles. The van der Waals surface area contributed by atoms with Crippen LogP contribution in [0.2, 0.25) is 0 Å². The Kier molecular flexibility index (Phi) is 6.27. The maximum atomic E-state index is 13.5. The number of aromatic nitrogens is 5. The molecule has 11 nitrogen and oxygen atoms in total. The van der Waals surface area contributed by atoms with E-state index in [-0.39, 0.29) is 18.5 Å². The highest BCUT2D eigenvalue weighted by molar-refractivity contribution is 6.07. The Morgan fingerprint density at radius 1 is 1.12 bits per heavy atom. The molecule has 40 heavy (non-hydrogen) atoms. The lowest BCUT2D eigenvalue weighted by atomic mass is 9.72. The number of nitrogen functional groups attached to an aromatic ring is 1. The zero-order valence-electron chi connectivity index (χ0n) is 22.6. The molecule has 3 aliphatic rings. The van der Waals surface area contributed by atoms with Crippen LogP contribution in [0.5, 0.6) is 0 Å². The molecule has 208 valence electrons. The SMILES string of the molecule is Nc1nc(NCC2CC3(CC3)C2)c2c(cnn2Cc2ccc(C(=O)N3CCN(CCO)CC3)c3cccnc23)n1. The zero-order chi connectivity index (χ0) is 27.3. The number of aliphatic hydroxyl groups excluding tert-OH is 1. The number of pyridine rings is 1. The smallest absolute Gasteiger partial charge is 0.254 e. The van der Waals surface area contributed by atoms with Gasteiger partial charge in [0.05, 0.1) is 24.9 Å². The van der Waals surface area contributed by atoms with Gasteiger partial charge in [0.15, 0.2) is 5.82 Å². The van der Waals surface area contributed by atoms with Crippen LogP contribution in [-0.2, 0) is 6.54 Å². The molecule has 4 heterocycles. The summed E-state index contributed by atoms with van der Waals surface area (Å²) in [4.78, 5) is 31.2. The summed E-state index contributed by atoms with van der Waals surface area (Å²) >= 11 is 0. The molecule has 4 aromatic rings. The van der Waals surface area contributed by atoms with E-state index < -0.39 is 0 Å². The van der Waals surface area contributed by atoms with Gasteiger partial charge in [-0.3, -0.25) is 19.4 Å². The van der Waals surface area contributed by atoms with Gasteiger partial charge in [0.25, 0.3) is 5.91 Å². The quantitative estimate of drug-likeness (QED) is 0.307. The molecular weight excluding hydrogens is 506 g/mol. The van der Waals surface area contributed by atoms with Crippen molar-refractivity contribution < 1.29 is 9.90 Å². The number of piperazine rings is 1. The number of hydrogen-bond donors (Lipinski definition) is 3. The molecule has 1 aliphatic heterocycles. The number of hydrogen-bond acceptors (Lipinski definition) is 9. The maximum Gasteiger partial charge on any atom is 0.254 e. The summed E-state index contributed by atoms with van der Waals surface area (Å²) < 4.78 is 1.89. The summed E-state index contributed by atoms with van der Waals surface area (Å²) in [5, 5.41) is 18.2. The molecule has 11 heteroatoms. The van der Waals surface area contributed by atoms with Crippen LogP contribution >= 0.6 is 0 Å². The molecule has 1 spiro atoms. The molecule has 3 fully saturated rings. The predicted molar refractivity (Wildman–Crippen MR) is 153 cm³/mol. The number of nitrogens with two attached hydrogens (primary N) is 1. The van der Waals surface area contributed by atoms with Crippen molar-refractivity contribution in [3.8, 4) is 0 Å². The average Bonchev–Trinajstić information content (AvgIpc) is 3.66. The largest absolute Gasteiger partial charge is 0.395 e. The Labute approximate surface area is 232 Å². The van der Waals surface area contributed by atoms with Crippen molar-refractivity contribution in [1.29, 1.82) is 0 Å². The van der Waals surface area contributed by atoms with Gasteiger partial charge in [0.1, 0.15) is 11.0 Å². The van der Waals surface area contributed by atoms with Crippen molar-refractivity contribution in [1.82, 2.24) is 34.5 Å². The summed E-state index contributed by atoms with van der Waals surface area (Å²) in [6.45, 7) is 4.91. The molecule has 1 amide bonds. The number of benzene rings is 1. The van der Waals surface area contributed by atoms with Gasteiger partial charge >= 0.3 is 0 Å². The fourth-order valence-electron chi connectivity index (χ4n) is 6.59. The topological polar surface area (TPSA) is 138 Å². The first-order valence-electron chi connectivity index (χ1n) is 14.2. The molecule has 0 atom stereocenters. The maximum absolute atomic E-state index is 13.5. The molecule has 7 rings (SSSR count). The van der Waals surface area contributed by atoms with Gasteiger partial charge in [-0.1, -0.05) is 12.1 Å². The highest BCUT2D eigenvalue weighted by atomic mass is 16.3. The number of amides is 1. The summed E-state index contributed by atoms with van der Waals surface area (Å²) in [5.41, 5.74) is 10.6.